The number of rotatable bonds is 1. The Morgan fingerprint density at radius 2 is 2.23 bits per heavy atom. The standard InChI is InChI=1S/C9H15NO3/c1-10(2)9(11)13-7-5-3-4-6-8(7)12-6/h6-8H,3-5H2,1-2H3/t6-,7+,8-/m0/s1. The summed E-state index contributed by atoms with van der Waals surface area (Å²) < 4.78 is 10.6. The molecule has 1 saturated carbocycles. The highest BCUT2D eigenvalue weighted by atomic mass is 16.6. The molecule has 0 bridgehead atoms. The lowest BCUT2D eigenvalue weighted by Crippen LogP contribution is -2.33. The Bertz CT molecular complexity index is 217. The molecule has 2 rings (SSSR count). The fraction of sp³-hybridized carbons (Fsp3) is 0.889. The molecular weight excluding hydrogens is 170 g/mol. The van der Waals surface area contributed by atoms with Gasteiger partial charge in [0, 0.05) is 14.1 Å². The van der Waals surface area contributed by atoms with Gasteiger partial charge in [-0.2, -0.15) is 0 Å². The second-order valence-electron chi connectivity index (χ2n) is 3.89. The Morgan fingerprint density at radius 1 is 1.46 bits per heavy atom. The van der Waals surface area contributed by atoms with Crippen LogP contribution in [0.25, 0.3) is 0 Å². The maximum Gasteiger partial charge on any atom is 0.409 e. The fourth-order valence-electron chi connectivity index (χ4n) is 1.76. The minimum Gasteiger partial charge on any atom is -0.443 e. The lowest BCUT2D eigenvalue weighted by Gasteiger charge is -2.20. The van der Waals surface area contributed by atoms with Crippen LogP contribution in [0.3, 0.4) is 0 Å². The van der Waals surface area contributed by atoms with Crippen LogP contribution in [0.1, 0.15) is 19.3 Å². The van der Waals surface area contributed by atoms with Gasteiger partial charge in [-0.1, -0.05) is 0 Å². The van der Waals surface area contributed by atoms with E-state index >= 15 is 0 Å². The fourth-order valence-corrected chi connectivity index (χ4v) is 1.76. The van der Waals surface area contributed by atoms with E-state index < -0.39 is 0 Å². The Kier molecular flexibility index (Phi) is 2.15. The van der Waals surface area contributed by atoms with Gasteiger partial charge < -0.3 is 14.4 Å². The first-order valence-corrected chi connectivity index (χ1v) is 4.72. The molecule has 1 heterocycles. The highest BCUT2D eigenvalue weighted by Gasteiger charge is 2.49. The van der Waals surface area contributed by atoms with Crippen molar-refractivity contribution in [1.29, 1.82) is 0 Å². The number of ether oxygens (including phenoxy) is 2. The highest BCUT2D eigenvalue weighted by Crippen LogP contribution is 2.38. The van der Waals surface area contributed by atoms with Crippen LogP contribution in [-0.4, -0.2) is 43.4 Å². The summed E-state index contributed by atoms with van der Waals surface area (Å²) in [4.78, 5) is 12.7. The van der Waals surface area contributed by atoms with Crippen LogP contribution >= 0.6 is 0 Å². The molecule has 2 aliphatic rings. The van der Waals surface area contributed by atoms with E-state index in [0.29, 0.717) is 6.10 Å². The molecule has 1 aliphatic heterocycles. The van der Waals surface area contributed by atoms with Crippen molar-refractivity contribution < 1.29 is 14.3 Å². The van der Waals surface area contributed by atoms with Crippen molar-refractivity contribution in [3.8, 4) is 0 Å². The van der Waals surface area contributed by atoms with Crippen molar-refractivity contribution in [2.75, 3.05) is 14.1 Å². The number of carbonyl (C=O) groups excluding carboxylic acids is 1. The molecule has 0 unspecified atom stereocenters. The zero-order valence-corrected chi connectivity index (χ0v) is 8.03. The normalized spacial score (nSPS) is 36.3. The van der Waals surface area contributed by atoms with Gasteiger partial charge in [0.15, 0.2) is 0 Å². The Balaban J connectivity index is 1.84. The number of amides is 1. The zero-order valence-electron chi connectivity index (χ0n) is 8.03. The number of nitrogens with zero attached hydrogens (tertiary/aromatic N) is 1. The summed E-state index contributed by atoms with van der Waals surface area (Å²) in [6.07, 6.45) is 3.47. The molecule has 1 aliphatic carbocycles. The maximum atomic E-state index is 11.2. The average molecular weight is 185 g/mol. The van der Waals surface area contributed by atoms with Gasteiger partial charge in [-0.15, -0.1) is 0 Å². The van der Waals surface area contributed by atoms with Gasteiger partial charge in [0.25, 0.3) is 0 Å². The Morgan fingerprint density at radius 3 is 2.92 bits per heavy atom. The molecule has 0 N–H and O–H groups in total. The van der Waals surface area contributed by atoms with Crippen LogP contribution in [-0.2, 0) is 9.47 Å². The van der Waals surface area contributed by atoms with Crippen LogP contribution < -0.4 is 0 Å². The lowest BCUT2D eigenvalue weighted by atomic mass is 9.98. The minimum atomic E-state index is -0.263. The molecule has 1 saturated heterocycles. The van der Waals surface area contributed by atoms with E-state index in [9.17, 15) is 4.79 Å². The van der Waals surface area contributed by atoms with E-state index in [1.54, 1.807) is 14.1 Å². The molecule has 0 radical (unpaired) electrons. The van der Waals surface area contributed by atoms with Gasteiger partial charge in [-0.25, -0.2) is 4.79 Å². The molecule has 3 atom stereocenters. The number of hydrogen-bond acceptors (Lipinski definition) is 3. The van der Waals surface area contributed by atoms with Gasteiger partial charge in [-0.05, 0) is 19.3 Å². The summed E-state index contributed by atoms with van der Waals surface area (Å²) >= 11 is 0. The average Bonchev–Trinajstić information content (AvgIpc) is 2.83. The topological polar surface area (TPSA) is 42.1 Å². The van der Waals surface area contributed by atoms with Crippen molar-refractivity contribution in [1.82, 2.24) is 4.90 Å². The van der Waals surface area contributed by atoms with Crippen molar-refractivity contribution in [2.45, 2.75) is 37.6 Å². The number of fused-ring (bicyclic) bond motifs is 1. The monoisotopic (exact) mass is 185 g/mol. The smallest absolute Gasteiger partial charge is 0.409 e. The van der Waals surface area contributed by atoms with Gasteiger partial charge in [0.1, 0.15) is 12.2 Å². The van der Waals surface area contributed by atoms with Crippen LogP contribution in [0.5, 0.6) is 0 Å². The Hall–Kier alpha value is -0.770. The third kappa shape index (κ3) is 1.77. The predicted octanol–water partition coefficient (Wildman–Crippen LogP) is 1.00. The third-order valence-electron chi connectivity index (χ3n) is 2.58. The molecule has 0 aromatic carbocycles. The van der Waals surface area contributed by atoms with E-state index in [1.165, 1.54) is 4.90 Å². The van der Waals surface area contributed by atoms with E-state index in [-0.39, 0.29) is 18.3 Å². The first-order chi connectivity index (χ1) is 6.18. The zero-order chi connectivity index (χ0) is 9.42. The first-order valence-electron chi connectivity index (χ1n) is 4.72. The number of epoxide rings is 1. The molecule has 0 spiro atoms. The first kappa shape index (κ1) is 8.81. The third-order valence-corrected chi connectivity index (χ3v) is 2.58. The van der Waals surface area contributed by atoms with Crippen LogP contribution in [0.4, 0.5) is 4.79 Å². The summed E-state index contributed by atoms with van der Waals surface area (Å²) in [7, 11) is 3.38. The molecule has 0 aromatic rings. The molecule has 1 amide bonds. The van der Waals surface area contributed by atoms with Crippen LogP contribution in [0.15, 0.2) is 0 Å². The van der Waals surface area contributed by atoms with Crippen LogP contribution in [0.2, 0.25) is 0 Å². The number of hydrogen-bond donors (Lipinski definition) is 0. The molecule has 4 heteroatoms. The van der Waals surface area contributed by atoms with Crippen molar-refractivity contribution in [2.24, 2.45) is 0 Å². The van der Waals surface area contributed by atoms with E-state index in [2.05, 4.69) is 0 Å². The van der Waals surface area contributed by atoms with E-state index in [0.717, 1.165) is 19.3 Å². The summed E-state index contributed by atoms with van der Waals surface area (Å²) in [5.74, 6) is 0. The predicted molar refractivity (Wildman–Crippen MR) is 46.5 cm³/mol. The van der Waals surface area contributed by atoms with Gasteiger partial charge in [0.2, 0.25) is 0 Å². The Labute approximate surface area is 77.8 Å². The SMILES string of the molecule is CN(C)C(=O)O[C@@H]1CCC[C@@H]2O[C@@H]21. The van der Waals surface area contributed by atoms with Gasteiger partial charge >= 0.3 is 6.09 Å². The summed E-state index contributed by atoms with van der Waals surface area (Å²) in [6, 6.07) is 0. The number of carbonyl (C=O) groups is 1. The van der Waals surface area contributed by atoms with Crippen LogP contribution in [0, 0.1) is 0 Å². The summed E-state index contributed by atoms with van der Waals surface area (Å²) in [5.41, 5.74) is 0. The van der Waals surface area contributed by atoms with E-state index in [4.69, 9.17) is 9.47 Å². The summed E-state index contributed by atoms with van der Waals surface area (Å²) in [5, 5.41) is 0. The second-order valence-corrected chi connectivity index (χ2v) is 3.89. The minimum absolute atomic E-state index is 0.00588. The van der Waals surface area contributed by atoms with E-state index in [1.807, 2.05) is 0 Å². The van der Waals surface area contributed by atoms with Gasteiger partial charge in [0.05, 0.1) is 6.10 Å². The maximum absolute atomic E-state index is 11.2. The van der Waals surface area contributed by atoms with Crippen molar-refractivity contribution in [3.05, 3.63) is 0 Å². The highest BCUT2D eigenvalue weighted by molar-refractivity contribution is 5.67. The molecule has 4 nitrogen and oxygen atoms in total. The van der Waals surface area contributed by atoms with Crippen molar-refractivity contribution >= 4 is 6.09 Å². The molecule has 13 heavy (non-hydrogen) atoms. The quantitative estimate of drug-likeness (QED) is 0.572. The summed E-state index contributed by atoms with van der Waals surface area (Å²) in [6.45, 7) is 0. The molecule has 74 valence electrons. The molecule has 2 fully saturated rings. The lowest BCUT2D eigenvalue weighted by molar-refractivity contribution is 0.0530. The van der Waals surface area contributed by atoms with Crippen molar-refractivity contribution in [3.63, 3.8) is 0 Å². The molecular formula is C9H15NO3. The molecule has 0 aromatic heterocycles. The van der Waals surface area contributed by atoms with Gasteiger partial charge in [-0.3, -0.25) is 0 Å². The largest absolute Gasteiger partial charge is 0.443 e. The second kappa shape index (κ2) is 3.18.